The second-order valence-electron chi connectivity index (χ2n) is 8.82. The normalized spacial score (nSPS) is 16.0. The van der Waals surface area contributed by atoms with Crippen LogP contribution in [0.2, 0.25) is 0 Å². The van der Waals surface area contributed by atoms with Crippen LogP contribution in [0.5, 0.6) is 0 Å². The monoisotopic (exact) mass is 523 g/mol. The molecule has 0 fully saturated rings. The third-order valence-corrected chi connectivity index (χ3v) is 5.98. The maximum Gasteiger partial charge on any atom is 0.322 e. The first kappa shape index (κ1) is 28.3. The lowest BCUT2D eigenvalue weighted by molar-refractivity contribution is 0.0788. The summed E-state index contributed by atoms with van der Waals surface area (Å²) in [6.07, 6.45) is 3.19. The quantitative estimate of drug-likeness (QED) is 0.523. The first-order valence-electron chi connectivity index (χ1n) is 12.8. The number of likely N-dealkylation sites (N-methyl/N-ethyl adjacent to an activating group) is 1. The number of carbonyl (C=O) groups is 2. The number of carbonyl (C=O) groups excluding carboxylic acids is 2. The molecule has 0 saturated carbocycles. The topological polar surface area (TPSA) is 136 Å². The van der Waals surface area contributed by atoms with Gasteiger partial charge in [-0.1, -0.05) is 34.1 Å². The van der Waals surface area contributed by atoms with Crippen LogP contribution in [-0.2, 0) is 19.5 Å². The summed E-state index contributed by atoms with van der Waals surface area (Å²) in [6.45, 7) is 9.81. The van der Waals surface area contributed by atoms with E-state index in [2.05, 4.69) is 39.4 Å². The Morgan fingerprint density at radius 2 is 2.03 bits per heavy atom. The van der Waals surface area contributed by atoms with E-state index in [1.165, 1.54) is 24.9 Å². The molecular weight excluding hydrogens is 489 g/mol. The average molecular weight is 524 g/mol. The molecule has 11 nitrogen and oxygen atoms in total. The Balaban J connectivity index is 0.000000748. The molecule has 2 aliphatic heterocycles. The Morgan fingerprint density at radius 1 is 1.29 bits per heavy atom. The zero-order valence-corrected chi connectivity index (χ0v) is 22.5. The number of H-pyrrole nitrogens is 1. The van der Waals surface area contributed by atoms with Crippen molar-refractivity contribution in [3.05, 3.63) is 58.7 Å². The molecule has 202 valence electrons. The molecule has 0 aliphatic carbocycles. The van der Waals surface area contributed by atoms with Crippen molar-refractivity contribution in [1.29, 1.82) is 5.26 Å². The van der Waals surface area contributed by atoms with E-state index in [0.29, 0.717) is 43.3 Å². The molecule has 38 heavy (non-hydrogen) atoms. The number of hydrogen-bond acceptors (Lipinski definition) is 6. The number of aromatic amines is 1. The number of nitriles is 1. The molecule has 1 atom stereocenters. The van der Waals surface area contributed by atoms with Crippen LogP contribution in [-0.4, -0.2) is 66.8 Å². The number of anilines is 1. The Labute approximate surface area is 221 Å². The van der Waals surface area contributed by atoms with E-state index in [9.17, 15) is 14.0 Å². The second kappa shape index (κ2) is 12.8. The van der Waals surface area contributed by atoms with Gasteiger partial charge in [-0.15, -0.1) is 0 Å². The number of aromatic nitrogens is 5. The molecular formula is C26H34FN9O2. The summed E-state index contributed by atoms with van der Waals surface area (Å²) < 4.78 is 15.3. The van der Waals surface area contributed by atoms with Gasteiger partial charge in [0.1, 0.15) is 29.7 Å². The summed E-state index contributed by atoms with van der Waals surface area (Å²) in [5.41, 5.74) is 2.17. The largest absolute Gasteiger partial charge is 0.340 e. The number of fused-ring (bicyclic) bond motifs is 3. The van der Waals surface area contributed by atoms with Crippen molar-refractivity contribution >= 4 is 17.6 Å². The minimum Gasteiger partial charge on any atom is -0.340 e. The van der Waals surface area contributed by atoms with E-state index in [1.807, 2.05) is 13.8 Å². The van der Waals surface area contributed by atoms with Gasteiger partial charge < -0.3 is 15.1 Å². The fourth-order valence-electron chi connectivity index (χ4n) is 4.31. The van der Waals surface area contributed by atoms with Gasteiger partial charge in [0.2, 0.25) is 0 Å². The molecule has 0 saturated heterocycles. The molecule has 0 bridgehead atoms. The third kappa shape index (κ3) is 5.99. The van der Waals surface area contributed by atoms with E-state index in [0.717, 1.165) is 17.3 Å². The number of benzene rings is 1. The average Bonchev–Trinajstić information content (AvgIpc) is 3.56. The molecule has 12 heteroatoms. The van der Waals surface area contributed by atoms with Gasteiger partial charge in [0.15, 0.2) is 0 Å². The molecule has 4 heterocycles. The number of hydrogen-bond donors (Lipinski definition) is 2. The number of rotatable bonds is 2. The SMILES string of the molecule is CC.CCC.CN1CC(c2ncn[nH]2)Cn2nc3c(c2C1=O)CN(C(=O)Nc1ccc(F)c(C#N)c1)CC3. The van der Waals surface area contributed by atoms with Gasteiger partial charge >= 0.3 is 6.03 Å². The highest BCUT2D eigenvalue weighted by molar-refractivity contribution is 5.95. The predicted molar refractivity (Wildman–Crippen MR) is 140 cm³/mol. The fraction of sp³-hybridized carbons (Fsp3) is 0.462. The van der Waals surface area contributed by atoms with Crippen molar-refractivity contribution in [2.45, 2.75) is 59.5 Å². The molecule has 2 aromatic heterocycles. The summed E-state index contributed by atoms with van der Waals surface area (Å²) in [4.78, 5) is 33.5. The fourth-order valence-corrected chi connectivity index (χ4v) is 4.31. The number of halogens is 1. The summed E-state index contributed by atoms with van der Waals surface area (Å²) in [5, 5.41) is 23.2. The lowest BCUT2D eigenvalue weighted by atomic mass is 10.0. The van der Waals surface area contributed by atoms with Crippen LogP contribution in [0.3, 0.4) is 0 Å². The van der Waals surface area contributed by atoms with Crippen LogP contribution in [0, 0.1) is 17.1 Å². The molecule has 1 aromatic carbocycles. The molecule has 5 rings (SSSR count). The standard InChI is InChI=1S/C21H20FN9O2.C3H8.C2H6/c1-29-8-13(19-24-11-25-27-19)9-31-18(20(29)32)15-10-30(5-4-17(15)28-31)21(33)26-14-2-3-16(22)12(6-14)7-23;1-3-2;1-2/h2-3,6,11,13H,4-5,8-10H2,1H3,(H,26,33)(H,24,25,27);3H2,1-2H3;1-2H3. The lowest BCUT2D eigenvalue weighted by Crippen LogP contribution is -2.39. The molecule has 3 amide bonds. The second-order valence-corrected chi connectivity index (χ2v) is 8.82. The van der Waals surface area contributed by atoms with Crippen molar-refractivity contribution in [3.8, 4) is 6.07 Å². The number of urea groups is 1. The number of nitrogens with one attached hydrogen (secondary N) is 2. The first-order chi connectivity index (χ1) is 18.4. The Morgan fingerprint density at radius 3 is 2.68 bits per heavy atom. The maximum atomic E-state index is 13.6. The van der Waals surface area contributed by atoms with Crippen LogP contribution in [0.25, 0.3) is 0 Å². The van der Waals surface area contributed by atoms with E-state index >= 15 is 0 Å². The van der Waals surface area contributed by atoms with Crippen molar-refractivity contribution in [1.82, 2.24) is 34.8 Å². The third-order valence-electron chi connectivity index (χ3n) is 5.98. The van der Waals surface area contributed by atoms with E-state index in [1.54, 1.807) is 27.6 Å². The van der Waals surface area contributed by atoms with Gasteiger partial charge in [-0.2, -0.15) is 15.5 Å². The summed E-state index contributed by atoms with van der Waals surface area (Å²) >= 11 is 0. The minimum absolute atomic E-state index is 0.0868. The van der Waals surface area contributed by atoms with Gasteiger partial charge in [0, 0.05) is 37.8 Å². The van der Waals surface area contributed by atoms with Crippen molar-refractivity contribution in [2.75, 3.05) is 25.5 Å². The summed E-state index contributed by atoms with van der Waals surface area (Å²) in [7, 11) is 1.73. The molecule has 2 N–H and O–H groups in total. The molecule has 2 aliphatic rings. The molecule has 1 unspecified atom stereocenters. The van der Waals surface area contributed by atoms with Gasteiger partial charge in [-0.25, -0.2) is 14.2 Å². The number of nitrogens with zero attached hydrogens (tertiary/aromatic N) is 7. The Bertz CT molecular complexity index is 1300. The van der Waals surface area contributed by atoms with Crippen molar-refractivity contribution < 1.29 is 14.0 Å². The van der Waals surface area contributed by atoms with Crippen LogP contribution >= 0.6 is 0 Å². The van der Waals surface area contributed by atoms with E-state index < -0.39 is 11.8 Å². The van der Waals surface area contributed by atoms with Gasteiger partial charge in [0.25, 0.3) is 5.91 Å². The summed E-state index contributed by atoms with van der Waals surface area (Å²) in [6, 6.07) is 5.19. The highest BCUT2D eigenvalue weighted by Gasteiger charge is 2.35. The molecule has 0 spiro atoms. The molecule has 0 radical (unpaired) electrons. The zero-order valence-electron chi connectivity index (χ0n) is 22.5. The van der Waals surface area contributed by atoms with Gasteiger partial charge in [0.05, 0.1) is 30.3 Å². The highest BCUT2D eigenvalue weighted by Crippen LogP contribution is 2.29. The van der Waals surface area contributed by atoms with E-state index in [-0.39, 0.29) is 23.9 Å². The highest BCUT2D eigenvalue weighted by atomic mass is 19.1. The van der Waals surface area contributed by atoms with Crippen LogP contribution in [0.4, 0.5) is 14.9 Å². The van der Waals surface area contributed by atoms with Crippen molar-refractivity contribution in [3.63, 3.8) is 0 Å². The zero-order chi connectivity index (χ0) is 27.8. The predicted octanol–water partition coefficient (Wildman–Crippen LogP) is 3.91. The van der Waals surface area contributed by atoms with Gasteiger partial charge in [-0.3, -0.25) is 14.6 Å². The van der Waals surface area contributed by atoms with Crippen molar-refractivity contribution in [2.24, 2.45) is 0 Å². The van der Waals surface area contributed by atoms with Crippen LogP contribution in [0.15, 0.2) is 24.5 Å². The van der Waals surface area contributed by atoms with Gasteiger partial charge in [-0.05, 0) is 18.2 Å². The number of amides is 3. The van der Waals surface area contributed by atoms with E-state index in [4.69, 9.17) is 5.26 Å². The first-order valence-corrected chi connectivity index (χ1v) is 12.8. The minimum atomic E-state index is -0.646. The maximum absolute atomic E-state index is 13.6. The lowest BCUT2D eigenvalue weighted by Gasteiger charge is -2.27. The van der Waals surface area contributed by atoms with Crippen LogP contribution < -0.4 is 5.32 Å². The Hall–Kier alpha value is -4.27. The molecule has 3 aromatic rings. The Kier molecular flexibility index (Phi) is 9.54. The van der Waals surface area contributed by atoms with Crippen LogP contribution in [0.1, 0.15) is 73.2 Å². The summed E-state index contributed by atoms with van der Waals surface area (Å²) in [5.74, 6) is -0.207. The smallest absolute Gasteiger partial charge is 0.322 e.